The molecule has 0 radical (unpaired) electrons. The number of nitrogens with zero attached hydrogens (tertiary/aromatic N) is 3. The van der Waals surface area contributed by atoms with Gasteiger partial charge in [0.2, 0.25) is 0 Å². The van der Waals surface area contributed by atoms with Crippen molar-refractivity contribution >= 4 is 44.6 Å². The number of rotatable bonds is 9. The van der Waals surface area contributed by atoms with Crippen molar-refractivity contribution in [1.29, 1.82) is 0 Å². The summed E-state index contributed by atoms with van der Waals surface area (Å²) >= 11 is 3.52. The fourth-order valence-electron chi connectivity index (χ4n) is 4.06. The van der Waals surface area contributed by atoms with E-state index >= 15 is 0 Å². The molecule has 0 saturated heterocycles. The highest BCUT2D eigenvalue weighted by molar-refractivity contribution is 9.10. The van der Waals surface area contributed by atoms with Crippen LogP contribution in [-0.2, 0) is 4.79 Å². The number of carbonyl (C=O) groups is 1. The minimum Gasteiger partial charge on any atom is -0.490 e. The summed E-state index contributed by atoms with van der Waals surface area (Å²) in [5.74, 6) is 0.177. The van der Waals surface area contributed by atoms with E-state index in [1.165, 1.54) is 29.1 Å². The molecule has 1 aromatic heterocycles. The Labute approximate surface area is 243 Å². The molecule has 0 aliphatic carbocycles. The molecule has 0 unspecified atom stereocenters. The van der Waals surface area contributed by atoms with Crippen LogP contribution in [0.3, 0.4) is 0 Å². The number of aromatic nitrogens is 2. The summed E-state index contributed by atoms with van der Waals surface area (Å²) < 4.78 is 26.8. The summed E-state index contributed by atoms with van der Waals surface area (Å²) in [6.45, 7) is 1.84. The first kappa shape index (κ1) is 27.7. The Kier molecular flexibility index (Phi) is 8.50. The van der Waals surface area contributed by atoms with Crippen molar-refractivity contribution in [1.82, 2.24) is 9.66 Å². The van der Waals surface area contributed by atoms with Gasteiger partial charge >= 0.3 is 0 Å². The molecule has 10 heteroatoms. The number of para-hydroxylation sites is 1. The number of halogens is 2. The van der Waals surface area contributed by atoms with Crippen LogP contribution in [-0.4, -0.2) is 35.0 Å². The van der Waals surface area contributed by atoms with Gasteiger partial charge in [-0.2, -0.15) is 9.78 Å². The highest BCUT2D eigenvalue weighted by atomic mass is 79.9. The molecule has 206 valence electrons. The van der Waals surface area contributed by atoms with Gasteiger partial charge in [0.15, 0.2) is 23.9 Å². The molecule has 5 aromatic rings. The minimum absolute atomic E-state index is 0.309. The Morgan fingerprint density at radius 1 is 1.00 bits per heavy atom. The zero-order chi connectivity index (χ0) is 28.8. The van der Waals surface area contributed by atoms with Gasteiger partial charge in [0.25, 0.3) is 11.5 Å². The Morgan fingerprint density at radius 3 is 2.54 bits per heavy atom. The molecule has 8 nitrogen and oxygen atoms in total. The van der Waals surface area contributed by atoms with Crippen LogP contribution < -0.4 is 20.3 Å². The summed E-state index contributed by atoms with van der Waals surface area (Å²) in [5.41, 5.74) is 1.93. The lowest BCUT2D eigenvalue weighted by molar-refractivity contribution is -0.118. The second kappa shape index (κ2) is 12.6. The third kappa shape index (κ3) is 6.50. The normalized spacial score (nSPS) is 11.1. The monoisotopic (exact) mass is 614 g/mol. The van der Waals surface area contributed by atoms with E-state index in [2.05, 4.69) is 26.3 Å². The van der Waals surface area contributed by atoms with Crippen LogP contribution in [0.25, 0.3) is 22.3 Å². The van der Waals surface area contributed by atoms with Gasteiger partial charge in [-0.3, -0.25) is 9.59 Å². The number of nitrogens with one attached hydrogen (secondary N) is 1. The Balaban J connectivity index is 1.44. The second-order valence-corrected chi connectivity index (χ2v) is 9.64. The van der Waals surface area contributed by atoms with E-state index in [-0.39, 0.29) is 12.2 Å². The Morgan fingerprint density at radius 2 is 1.76 bits per heavy atom. The number of amides is 1. The number of carbonyl (C=O) groups excluding carboxylic acids is 1. The van der Waals surface area contributed by atoms with Gasteiger partial charge in [-0.1, -0.05) is 48.5 Å². The van der Waals surface area contributed by atoms with E-state index in [4.69, 9.17) is 14.5 Å². The molecular weight excluding hydrogens is 591 g/mol. The topological polar surface area (TPSA) is 94.8 Å². The molecule has 0 fully saturated rings. The van der Waals surface area contributed by atoms with E-state index in [1.54, 1.807) is 36.4 Å². The largest absolute Gasteiger partial charge is 0.490 e. The third-order valence-electron chi connectivity index (χ3n) is 5.93. The maximum Gasteiger partial charge on any atom is 0.282 e. The molecule has 0 atom stereocenters. The summed E-state index contributed by atoms with van der Waals surface area (Å²) in [6.07, 6.45) is 1.53. The van der Waals surface area contributed by atoms with Crippen LogP contribution in [0.4, 0.5) is 10.1 Å². The number of hydrogen-bond acceptors (Lipinski definition) is 6. The summed E-state index contributed by atoms with van der Waals surface area (Å²) in [5, 5.41) is 7.55. The van der Waals surface area contributed by atoms with Crippen LogP contribution in [0.1, 0.15) is 12.5 Å². The van der Waals surface area contributed by atoms with Crippen LogP contribution in [0.2, 0.25) is 0 Å². The van der Waals surface area contributed by atoms with Crippen molar-refractivity contribution in [2.75, 3.05) is 18.5 Å². The predicted octanol–water partition coefficient (Wildman–Crippen LogP) is 6.26. The molecule has 0 aliphatic rings. The van der Waals surface area contributed by atoms with Gasteiger partial charge in [-0.15, -0.1) is 0 Å². The van der Waals surface area contributed by atoms with Gasteiger partial charge in [0.05, 0.1) is 23.7 Å². The van der Waals surface area contributed by atoms with E-state index in [0.29, 0.717) is 50.6 Å². The van der Waals surface area contributed by atoms with Crippen LogP contribution in [0.5, 0.6) is 11.5 Å². The van der Waals surface area contributed by atoms with Gasteiger partial charge in [-0.25, -0.2) is 9.37 Å². The number of anilines is 1. The molecule has 1 amide bonds. The summed E-state index contributed by atoms with van der Waals surface area (Å²) in [7, 11) is 0. The maximum absolute atomic E-state index is 13.4. The van der Waals surface area contributed by atoms with Crippen LogP contribution >= 0.6 is 15.9 Å². The quantitative estimate of drug-likeness (QED) is 0.198. The van der Waals surface area contributed by atoms with Gasteiger partial charge in [0.1, 0.15) is 5.82 Å². The average Bonchev–Trinajstić information content (AvgIpc) is 2.97. The highest BCUT2D eigenvalue weighted by Crippen LogP contribution is 2.33. The summed E-state index contributed by atoms with van der Waals surface area (Å²) in [4.78, 5) is 30.5. The molecule has 0 aliphatic heterocycles. The SMILES string of the molecule is CCOc1cc(C=Nn2c(-c3ccccc3)nc3ccccc3c2=O)c(Br)cc1OCC(=O)Nc1cccc(F)c1. The molecular formula is C31H24BrFN4O4. The molecule has 0 saturated carbocycles. The molecule has 5 rings (SSSR count). The maximum atomic E-state index is 13.4. The molecule has 41 heavy (non-hydrogen) atoms. The standard InChI is InChI=1S/C31H24BrFN4O4/c1-2-40-27-15-21(25(32)17-28(27)41-19-29(38)35-23-12-8-11-22(33)16-23)18-34-37-30(20-9-4-3-5-10-20)36-26-14-7-6-13-24(26)31(37)39/h3-18H,2,19H2,1H3,(H,35,38). The van der Waals surface area contributed by atoms with Gasteiger partial charge in [0, 0.05) is 21.3 Å². The van der Waals surface area contributed by atoms with Gasteiger partial charge < -0.3 is 14.8 Å². The predicted molar refractivity (Wildman–Crippen MR) is 160 cm³/mol. The van der Waals surface area contributed by atoms with E-state index in [9.17, 15) is 14.0 Å². The lowest BCUT2D eigenvalue weighted by Crippen LogP contribution is -2.20. The zero-order valence-electron chi connectivity index (χ0n) is 21.9. The van der Waals surface area contributed by atoms with E-state index in [1.807, 2.05) is 43.3 Å². The van der Waals surface area contributed by atoms with Crippen LogP contribution in [0, 0.1) is 5.82 Å². The first-order valence-electron chi connectivity index (χ1n) is 12.7. The first-order valence-corrected chi connectivity index (χ1v) is 13.5. The smallest absolute Gasteiger partial charge is 0.282 e. The highest BCUT2D eigenvalue weighted by Gasteiger charge is 2.15. The van der Waals surface area contributed by atoms with Crippen LogP contribution in [0.15, 0.2) is 105 Å². The second-order valence-electron chi connectivity index (χ2n) is 8.78. The molecule has 0 spiro atoms. The molecule has 4 aromatic carbocycles. The number of ether oxygens (including phenoxy) is 2. The minimum atomic E-state index is -0.462. The third-order valence-corrected chi connectivity index (χ3v) is 6.61. The van der Waals surface area contributed by atoms with E-state index in [0.717, 1.165) is 5.56 Å². The lowest BCUT2D eigenvalue weighted by Gasteiger charge is -2.14. The van der Waals surface area contributed by atoms with Crippen molar-refractivity contribution < 1.29 is 18.7 Å². The average molecular weight is 615 g/mol. The van der Waals surface area contributed by atoms with E-state index < -0.39 is 11.7 Å². The lowest BCUT2D eigenvalue weighted by atomic mass is 10.2. The number of benzene rings is 4. The van der Waals surface area contributed by atoms with Crippen molar-refractivity contribution in [2.24, 2.45) is 5.10 Å². The number of fused-ring (bicyclic) bond motifs is 1. The Hall–Kier alpha value is -4.83. The Bertz CT molecular complexity index is 1810. The first-order chi connectivity index (χ1) is 19.9. The molecule has 1 N–H and O–H groups in total. The fraction of sp³-hybridized carbons (Fsp3) is 0.0968. The zero-order valence-corrected chi connectivity index (χ0v) is 23.5. The van der Waals surface area contributed by atoms with Crippen molar-refractivity contribution in [2.45, 2.75) is 6.92 Å². The number of hydrogen-bond donors (Lipinski definition) is 1. The summed E-state index contributed by atoms with van der Waals surface area (Å²) in [6, 6.07) is 25.4. The van der Waals surface area contributed by atoms with Crippen molar-refractivity contribution in [3.63, 3.8) is 0 Å². The van der Waals surface area contributed by atoms with Gasteiger partial charge in [-0.05, 0) is 65.3 Å². The molecule has 0 bridgehead atoms. The fourth-order valence-corrected chi connectivity index (χ4v) is 4.49. The van der Waals surface area contributed by atoms with Crippen molar-refractivity contribution in [3.05, 3.63) is 117 Å². The molecule has 1 heterocycles. The van der Waals surface area contributed by atoms with Crippen molar-refractivity contribution in [3.8, 4) is 22.9 Å².